The molecule has 0 radical (unpaired) electrons. The summed E-state index contributed by atoms with van der Waals surface area (Å²) in [5, 5.41) is 7.06. The Balaban J connectivity index is 0.00000261. The zero-order valence-electron chi connectivity index (χ0n) is 16.5. The van der Waals surface area contributed by atoms with E-state index in [4.69, 9.17) is 0 Å². The Bertz CT molecular complexity index is 612. The van der Waals surface area contributed by atoms with E-state index in [1.54, 1.807) is 0 Å². The number of nitrogens with zero attached hydrogens (tertiary/aromatic N) is 3. The van der Waals surface area contributed by atoms with Crippen molar-refractivity contribution in [3.05, 3.63) is 28.7 Å². The summed E-state index contributed by atoms with van der Waals surface area (Å²) in [6.07, 6.45) is 3.84. The van der Waals surface area contributed by atoms with Crippen molar-refractivity contribution in [3.63, 3.8) is 0 Å². The average molecular weight is 550 g/mol. The Kier molecular flexibility index (Phi) is 9.65. The van der Waals surface area contributed by atoms with Gasteiger partial charge in [0, 0.05) is 49.4 Å². The highest BCUT2D eigenvalue weighted by Crippen LogP contribution is 2.25. The lowest BCUT2D eigenvalue weighted by Gasteiger charge is -2.24. The van der Waals surface area contributed by atoms with Gasteiger partial charge in [0.25, 0.3) is 0 Å². The van der Waals surface area contributed by atoms with Crippen LogP contribution in [0.5, 0.6) is 0 Å². The normalized spacial score (nSPS) is 23.4. The van der Waals surface area contributed by atoms with Crippen molar-refractivity contribution in [2.75, 3.05) is 51.2 Å². The SMILES string of the molecule is CCN1CCCC1CNC(=NC)NCC1CCN(c2cccc(Br)c2)C1.I. The summed E-state index contributed by atoms with van der Waals surface area (Å²) in [5.74, 6) is 1.60. The molecule has 2 unspecified atom stereocenters. The number of hydrogen-bond donors (Lipinski definition) is 2. The number of likely N-dealkylation sites (N-methyl/N-ethyl adjacent to an activating group) is 1. The van der Waals surface area contributed by atoms with Crippen LogP contribution in [0.1, 0.15) is 26.2 Å². The molecule has 27 heavy (non-hydrogen) atoms. The van der Waals surface area contributed by atoms with E-state index >= 15 is 0 Å². The molecule has 2 saturated heterocycles. The topological polar surface area (TPSA) is 42.9 Å². The van der Waals surface area contributed by atoms with Crippen LogP contribution in [0.15, 0.2) is 33.7 Å². The third-order valence-electron chi connectivity index (χ3n) is 5.65. The third kappa shape index (κ3) is 6.49. The van der Waals surface area contributed by atoms with Crippen molar-refractivity contribution in [1.82, 2.24) is 15.5 Å². The Labute approximate surface area is 189 Å². The molecule has 2 atom stereocenters. The summed E-state index contributed by atoms with van der Waals surface area (Å²) in [7, 11) is 1.87. The van der Waals surface area contributed by atoms with Crippen LogP contribution in [0, 0.1) is 5.92 Å². The molecule has 0 saturated carbocycles. The molecule has 0 bridgehead atoms. The van der Waals surface area contributed by atoms with Gasteiger partial charge >= 0.3 is 0 Å². The predicted molar refractivity (Wildman–Crippen MR) is 130 cm³/mol. The highest BCUT2D eigenvalue weighted by Gasteiger charge is 2.24. The maximum absolute atomic E-state index is 4.41. The summed E-state index contributed by atoms with van der Waals surface area (Å²) >= 11 is 3.57. The highest BCUT2D eigenvalue weighted by molar-refractivity contribution is 14.0. The van der Waals surface area contributed by atoms with Crippen LogP contribution in [-0.2, 0) is 0 Å². The minimum Gasteiger partial charge on any atom is -0.371 e. The first-order valence-electron chi connectivity index (χ1n) is 9.88. The first-order valence-corrected chi connectivity index (χ1v) is 10.7. The number of likely N-dealkylation sites (tertiary alicyclic amines) is 1. The molecular weight excluding hydrogens is 517 g/mol. The van der Waals surface area contributed by atoms with Crippen molar-refractivity contribution in [1.29, 1.82) is 0 Å². The molecule has 1 aromatic rings. The predicted octanol–water partition coefficient (Wildman–Crippen LogP) is 3.54. The Hall–Kier alpha value is -0.540. The molecule has 7 heteroatoms. The van der Waals surface area contributed by atoms with E-state index in [1.165, 1.54) is 31.5 Å². The molecule has 0 aromatic heterocycles. The van der Waals surface area contributed by atoms with E-state index in [-0.39, 0.29) is 24.0 Å². The summed E-state index contributed by atoms with van der Waals surface area (Å²) in [6.45, 7) is 8.83. The van der Waals surface area contributed by atoms with Gasteiger partial charge in [-0.15, -0.1) is 24.0 Å². The van der Waals surface area contributed by atoms with Crippen molar-refractivity contribution in [3.8, 4) is 0 Å². The van der Waals surface area contributed by atoms with E-state index in [2.05, 4.69) is 72.5 Å². The van der Waals surface area contributed by atoms with Gasteiger partial charge < -0.3 is 15.5 Å². The molecule has 0 aliphatic carbocycles. The van der Waals surface area contributed by atoms with Crippen molar-refractivity contribution in [2.24, 2.45) is 10.9 Å². The molecule has 0 spiro atoms. The van der Waals surface area contributed by atoms with Crippen molar-refractivity contribution < 1.29 is 0 Å². The van der Waals surface area contributed by atoms with Gasteiger partial charge in [-0.05, 0) is 56.5 Å². The lowest BCUT2D eigenvalue weighted by atomic mass is 10.1. The molecule has 2 aliphatic rings. The summed E-state index contributed by atoms with van der Waals surface area (Å²) in [4.78, 5) is 9.45. The average Bonchev–Trinajstić information content (AvgIpc) is 3.31. The van der Waals surface area contributed by atoms with Crippen LogP contribution in [-0.4, -0.2) is 63.2 Å². The number of anilines is 1. The zero-order valence-corrected chi connectivity index (χ0v) is 20.4. The van der Waals surface area contributed by atoms with E-state index in [9.17, 15) is 0 Å². The molecule has 2 N–H and O–H groups in total. The summed E-state index contributed by atoms with van der Waals surface area (Å²) < 4.78 is 1.15. The second-order valence-corrected chi connectivity index (χ2v) is 8.25. The molecule has 0 amide bonds. The molecular formula is C20H33BrIN5. The fourth-order valence-electron chi connectivity index (χ4n) is 4.13. The van der Waals surface area contributed by atoms with Crippen molar-refractivity contribution >= 4 is 51.6 Å². The van der Waals surface area contributed by atoms with Gasteiger partial charge in [0.15, 0.2) is 5.96 Å². The minimum absolute atomic E-state index is 0. The lowest BCUT2D eigenvalue weighted by molar-refractivity contribution is 0.267. The van der Waals surface area contributed by atoms with E-state index in [1.807, 2.05) is 7.05 Å². The van der Waals surface area contributed by atoms with Gasteiger partial charge in [-0.1, -0.05) is 28.9 Å². The molecule has 5 nitrogen and oxygen atoms in total. The largest absolute Gasteiger partial charge is 0.371 e. The van der Waals surface area contributed by atoms with E-state index in [0.717, 1.165) is 43.2 Å². The van der Waals surface area contributed by atoms with Crippen LogP contribution in [0.25, 0.3) is 0 Å². The molecule has 2 fully saturated rings. The first-order chi connectivity index (χ1) is 12.7. The quantitative estimate of drug-likeness (QED) is 0.323. The first kappa shape index (κ1) is 22.7. The third-order valence-corrected chi connectivity index (χ3v) is 6.14. The number of hydrogen-bond acceptors (Lipinski definition) is 3. The van der Waals surface area contributed by atoms with Gasteiger partial charge in [-0.25, -0.2) is 0 Å². The molecule has 1 aromatic carbocycles. The van der Waals surface area contributed by atoms with Gasteiger partial charge in [0.2, 0.25) is 0 Å². The van der Waals surface area contributed by atoms with Crippen LogP contribution in [0.2, 0.25) is 0 Å². The molecule has 3 rings (SSSR count). The van der Waals surface area contributed by atoms with Crippen LogP contribution >= 0.6 is 39.9 Å². The number of guanidine groups is 1. The number of halogens is 2. The molecule has 2 heterocycles. The standard InChI is InChI=1S/C20H32BrN5.HI/c1-3-25-10-5-8-19(25)14-24-20(22-2)23-13-16-9-11-26(15-16)18-7-4-6-17(21)12-18;/h4,6-7,12,16,19H,3,5,8-11,13-15H2,1-2H3,(H2,22,23,24);1H. The van der Waals surface area contributed by atoms with Crippen LogP contribution in [0.4, 0.5) is 5.69 Å². The summed E-state index contributed by atoms with van der Waals surface area (Å²) in [6, 6.07) is 9.24. The zero-order chi connectivity index (χ0) is 18.4. The number of nitrogens with one attached hydrogen (secondary N) is 2. The highest BCUT2D eigenvalue weighted by atomic mass is 127. The van der Waals surface area contributed by atoms with Crippen LogP contribution < -0.4 is 15.5 Å². The number of aliphatic imine (C=N–C) groups is 1. The Morgan fingerprint density at radius 1 is 1.22 bits per heavy atom. The fourth-order valence-corrected chi connectivity index (χ4v) is 4.51. The van der Waals surface area contributed by atoms with Gasteiger partial charge in [-0.3, -0.25) is 9.89 Å². The monoisotopic (exact) mass is 549 g/mol. The van der Waals surface area contributed by atoms with Crippen LogP contribution in [0.3, 0.4) is 0 Å². The maximum atomic E-state index is 4.41. The second-order valence-electron chi connectivity index (χ2n) is 7.34. The smallest absolute Gasteiger partial charge is 0.191 e. The maximum Gasteiger partial charge on any atom is 0.191 e. The Morgan fingerprint density at radius 3 is 2.78 bits per heavy atom. The summed E-state index contributed by atoms with van der Waals surface area (Å²) in [5.41, 5.74) is 1.31. The van der Waals surface area contributed by atoms with E-state index in [0.29, 0.717) is 12.0 Å². The number of rotatable bonds is 6. The van der Waals surface area contributed by atoms with Gasteiger partial charge in [0.1, 0.15) is 0 Å². The second kappa shape index (κ2) is 11.5. The minimum atomic E-state index is 0. The van der Waals surface area contributed by atoms with Gasteiger partial charge in [0.05, 0.1) is 0 Å². The van der Waals surface area contributed by atoms with E-state index < -0.39 is 0 Å². The fraction of sp³-hybridized carbons (Fsp3) is 0.650. The number of benzene rings is 1. The Morgan fingerprint density at radius 2 is 2.04 bits per heavy atom. The molecule has 152 valence electrons. The lowest BCUT2D eigenvalue weighted by Crippen LogP contribution is -2.46. The van der Waals surface area contributed by atoms with Gasteiger partial charge in [-0.2, -0.15) is 0 Å². The van der Waals surface area contributed by atoms with Crippen molar-refractivity contribution in [2.45, 2.75) is 32.2 Å². The molecule has 2 aliphatic heterocycles.